The first-order valence-electron chi connectivity index (χ1n) is 7.37. The maximum absolute atomic E-state index is 4.52. The Hall–Kier alpha value is -1.68. The van der Waals surface area contributed by atoms with Gasteiger partial charge in [-0.05, 0) is 51.4 Å². The predicted molar refractivity (Wildman–Crippen MR) is 80.4 cm³/mol. The highest BCUT2D eigenvalue weighted by Crippen LogP contribution is 2.27. The Morgan fingerprint density at radius 3 is 2.60 bits per heavy atom. The molecule has 0 saturated carbocycles. The van der Waals surface area contributed by atoms with Crippen LogP contribution < -0.4 is 0 Å². The smallest absolute Gasteiger partial charge is 0.158 e. The van der Waals surface area contributed by atoms with Crippen LogP contribution in [-0.4, -0.2) is 32.8 Å². The van der Waals surface area contributed by atoms with Crippen LogP contribution in [0.5, 0.6) is 0 Å². The third kappa shape index (κ3) is 2.48. The first-order chi connectivity index (χ1) is 9.65. The molecule has 1 fully saturated rings. The van der Waals surface area contributed by atoms with Gasteiger partial charge in [-0.3, -0.25) is 4.90 Å². The summed E-state index contributed by atoms with van der Waals surface area (Å²) >= 11 is 0. The minimum absolute atomic E-state index is 0.478. The number of rotatable bonds is 3. The van der Waals surface area contributed by atoms with Crippen LogP contribution in [-0.2, 0) is 7.05 Å². The first-order valence-corrected chi connectivity index (χ1v) is 7.37. The van der Waals surface area contributed by atoms with Gasteiger partial charge in [0, 0.05) is 18.7 Å². The number of benzene rings is 1. The summed E-state index contributed by atoms with van der Waals surface area (Å²) in [6.07, 6.45) is 2.65. The van der Waals surface area contributed by atoms with E-state index in [1.165, 1.54) is 31.5 Å². The maximum atomic E-state index is 4.52. The normalized spacial score (nSPS) is 17.6. The third-order valence-corrected chi connectivity index (χ3v) is 4.18. The van der Waals surface area contributed by atoms with Crippen molar-refractivity contribution < 1.29 is 0 Å². The minimum Gasteiger partial charge on any atom is -0.297 e. The summed E-state index contributed by atoms with van der Waals surface area (Å²) in [5.41, 5.74) is 2.52. The van der Waals surface area contributed by atoms with E-state index in [2.05, 4.69) is 46.2 Å². The topological polar surface area (TPSA) is 34.0 Å². The Bertz CT molecular complexity index is 596. The number of likely N-dealkylation sites (tertiary alicyclic amines) is 1. The maximum Gasteiger partial charge on any atom is 0.158 e. The molecule has 0 N–H and O–H groups in total. The quantitative estimate of drug-likeness (QED) is 0.860. The van der Waals surface area contributed by atoms with Crippen molar-refractivity contribution in [3.05, 3.63) is 35.7 Å². The molecule has 2 heterocycles. The molecule has 0 bridgehead atoms. The van der Waals surface area contributed by atoms with Gasteiger partial charge in [-0.1, -0.05) is 18.2 Å². The van der Waals surface area contributed by atoms with Crippen LogP contribution in [0.4, 0.5) is 0 Å². The van der Waals surface area contributed by atoms with Crippen molar-refractivity contribution in [2.24, 2.45) is 7.05 Å². The second kappa shape index (κ2) is 5.37. The van der Waals surface area contributed by atoms with Crippen molar-refractivity contribution in [1.29, 1.82) is 0 Å². The van der Waals surface area contributed by atoms with E-state index in [4.69, 9.17) is 0 Å². The van der Waals surface area contributed by atoms with E-state index in [1.807, 2.05) is 18.7 Å². The zero-order valence-electron chi connectivity index (χ0n) is 12.5. The van der Waals surface area contributed by atoms with Gasteiger partial charge in [0.05, 0.1) is 0 Å². The Labute approximate surface area is 120 Å². The van der Waals surface area contributed by atoms with Crippen LogP contribution in [0.1, 0.15) is 37.2 Å². The van der Waals surface area contributed by atoms with Gasteiger partial charge in [0.2, 0.25) is 0 Å². The lowest BCUT2D eigenvalue weighted by Gasteiger charge is -2.24. The van der Waals surface area contributed by atoms with Crippen LogP contribution in [0.2, 0.25) is 0 Å². The van der Waals surface area contributed by atoms with Crippen molar-refractivity contribution in [2.75, 3.05) is 13.1 Å². The molecule has 2 aromatic rings. The van der Waals surface area contributed by atoms with Gasteiger partial charge in [-0.15, -0.1) is 0 Å². The molecule has 0 amide bonds. The van der Waals surface area contributed by atoms with Crippen LogP contribution in [0, 0.1) is 6.92 Å². The van der Waals surface area contributed by atoms with Gasteiger partial charge in [-0.25, -0.2) is 9.67 Å². The molecule has 20 heavy (non-hydrogen) atoms. The molecule has 4 heteroatoms. The summed E-state index contributed by atoms with van der Waals surface area (Å²) in [5, 5.41) is 4.33. The van der Waals surface area contributed by atoms with E-state index in [-0.39, 0.29) is 0 Å². The largest absolute Gasteiger partial charge is 0.297 e. The van der Waals surface area contributed by atoms with E-state index in [1.54, 1.807) is 0 Å². The Balaban J connectivity index is 1.91. The molecule has 1 aromatic heterocycles. The van der Waals surface area contributed by atoms with Gasteiger partial charge < -0.3 is 0 Å². The molecule has 3 rings (SSSR count). The monoisotopic (exact) mass is 270 g/mol. The van der Waals surface area contributed by atoms with E-state index in [9.17, 15) is 0 Å². The van der Waals surface area contributed by atoms with Crippen LogP contribution in [0.3, 0.4) is 0 Å². The van der Waals surface area contributed by atoms with Crippen molar-refractivity contribution in [1.82, 2.24) is 19.7 Å². The van der Waals surface area contributed by atoms with E-state index in [0.29, 0.717) is 6.04 Å². The summed E-state index contributed by atoms with van der Waals surface area (Å²) < 4.78 is 1.86. The Morgan fingerprint density at radius 2 is 1.95 bits per heavy atom. The van der Waals surface area contributed by atoms with Crippen molar-refractivity contribution in [2.45, 2.75) is 32.7 Å². The molecule has 0 aliphatic carbocycles. The summed E-state index contributed by atoms with van der Waals surface area (Å²) in [7, 11) is 1.95. The van der Waals surface area contributed by atoms with E-state index < -0.39 is 0 Å². The van der Waals surface area contributed by atoms with Crippen molar-refractivity contribution in [3.63, 3.8) is 0 Å². The summed E-state index contributed by atoms with van der Waals surface area (Å²) in [6.45, 7) is 6.66. The zero-order valence-corrected chi connectivity index (χ0v) is 12.5. The fraction of sp³-hybridized carbons (Fsp3) is 0.500. The molecular formula is C16H22N4. The molecule has 0 unspecified atom stereocenters. The molecule has 4 nitrogen and oxygen atoms in total. The molecule has 1 aliphatic heterocycles. The van der Waals surface area contributed by atoms with Gasteiger partial charge in [0.1, 0.15) is 5.82 Å². The lowest BCUT2D eigenvalue weighted by atomic mass is 10.0. The molecule has 0 radical (unpaired) electrons. The van der Waals surface area contributed by atoms with Gasteiger partial charge >= 0.3 is 0 Å². The molecule has 1 aliphatic rings. The highest BCUT2D eigenvalue weighted by atomic mass is 15.3. The summed E-state index contributed by atoms with van der Waals surface area (Å²) in [6, 6.07) is 9.19. The molecule has 1 atom stereocenters. The number of hydrogen-bond acceptors (Lipinski definition) is 3. The van der Waals surface area contributed by atoms with Gasteiger partial charge in [0.15, 0.2) is 5.82 Å². The summed E-state index contributed by atoms with van der Waals surface area (Å²) in [4.78, 5) is 7.07. The average Bonchev–Trinajstić information content (AvgIpc) is 3.08. The number of aromatic nitrogens is 3. The standard InChI is InChI=1S/C16H22N4/c1-12(20-9-4-5-10-20)14-7-6-8-15(11-14)16-17-13(2)18-19(16)3/h6-8,11-12H,4-5,9-10H2,1-3H3/t12-/m0/s1. The summed E-state index contributed by atoms with van der Waals surface area (Å²) in [5.74, 6) is 1.76. The molecular weight excluding hydrogens is 248 g/mol. The van der Waals surface area contributed by atoms with Crippen molar-refractivity contribution >= 4 is 0 Å². The van der Waals surface area contributed by atoms with E-state index >= 15 is 0 Å². The average molecular weight is 270 g/mol. The second-order valence-corrected chi connectivity index (χ2v) is 5.65. The van der Waals surface area contributed by atoms with Crippen LogP contribution in [0.15, 0.2) is 24.3 Å². The van der Waals surface area contributed by atoms with Crippen LogP contribution in [0.25, 0.3) is 11.4 Å². The lowest BCUT2D eigenvalue weighted by Crippen LogP contribution is -2.23. The third-order valence-electron chi connectivity index (χ3n) is 4.18. The number of hydrogen-bond donors (Lipinski definition) is 0. The highest BCUT2D eigenvalue weighted by Gasteiger charge is 2.20. The highest BCUT2D eigenvalue weighted by molar-refractivity contribution is 5.56. The fourth-order valence-electron chi connectivity index (χ4n) is 3.04. The molecule has 0 spiro atoms. The number of aryl methyl sites for hydroxylation is 2. The fourth-order valence-corrected chi connectivity index (χ4v) is 3.04. The van der Waals surface area contributed by atoms with Gasteiger partial charge in [0.25, 0.3) is 0 Å². The predicted octanol–water partition coefficient (Wildman–Crippen LogP) is 2.95. The van der Waals surface area contributed by atoms with Crippen molar-refractivity contribution in [3.8, 4) is 11.4 Å². The zero-order chi connectivity index (χ0) is 14.1. The second-order valence-electron chi connectivity index (χ2n) is 5.65. The Kier molecular flexibility index (Phi) is 3.57. The lowest BCUT2D eigenvalue weighted by molar-refractivity contribution is 0.263. The Morgan fingerprint density at radius 1 is 1.20 bits per heavy atom. The van der Waals surface area contributed by atoms with E-state index in [0.717, 1.165) is 17.2 Å². The number of nitrogens with zero attached hydrogens (tertiary/aromatic N) is 4. The van der Waals surface area contributed by atoms with Crippen LogP contribution >= 0.6 is 0 Å². The SMILES string of the molecule is Cc1nc(-c2cccc([C@H](C)N3CCCC3)c2)n(C)n1. The minimum atomic E-state index is 0.478. The molecule has 1 aromatic carbocycles. The molecule has 1 saturated heterocycles. The van der Waals surface area contributed by atoms with Gasteiger partial charge in [-0.2, -0.15) is 5.10 Å². The molecule has 106 valence electrons. The first kappa shape index (κ1) is 13.3.